The van der Waals surface area contributed by atoms with Crippen LogP contribution in [0.15, 0.2) is 18.2 Å². The Morgan fingerprint density at radius 3 is 2.48 bits per heavy atom. The molecule has 0 atom stereocenters. The van der Waals surface area contributed by atoms with Crippen molar-refractivity contribution in [3.05, 3.63) is 29.3 Å². The molecule has 0 aromatic heterocycles. The fourth-order valence-corrected chi connectivity index (χ4v) is 3.54. The van der Waals surface area contributed by atoms with Gasteiger partial charge in [-0.2, -0.15) is 0 Å². The highest BCUT2D eigenvalue weighted by Gasteiger charge is 2.22. The quantitative estimate of drug-likeness (QED) is 0.850. The van der Waals surface area contributed by atoms with Gasteiger partial charge in [-0.25, -0.2) is 0 Å². The van der Waals surface area contributed by atoms with Gasteiger partial charge in [0.15, 0.2) is 0 Å². The van der Waals surface area contributed by atoms with Crippen LogP contribution < -0.4 is 4.90 Å². The molecule has 1 aromatic rings. The average Bonchev–Trinajstić information content (AvgIpc) is 2.52. The van der Waals surface area contributed by atoms with E-state index in [1.54, 1.807) is 0 Å². The lowest BCUT2D eigenvalue weighted by molar-refractivity contribution is 0.0517. The Labute approximate surface area is 128 Å². The predicted molar refractivity (Wildman–Crippen MR) is 88.1 cm³/mol. The molecule has 2 aliphatic rings. The molecule has 2 aliphatic heterocycles. The Hall–Kier alpha value is -1.06. The van der Waals surface area contributed by atoms with Crippen molar-refractivity contribution >= 4 is 5.69 Å². The zero-order valence-corrected chi connectivity index (χ0v) is 13.5. The van der Waals surface area contributed by atoms with Gasteiger partial charge >= 0.3 is 0 Å². The van der Waals surface area contributed by atoms with Crippen molar-refractivity contribution in [2.24, 2.45) is 5.92 Å². The van der Waals surface area contributed by atoms with Crippen molar-refractivity contribution in [2.75, 3.05) is 50.8 Å². The number of anilines is 1. The number of aryl methyl sites for hydroxylation is 1. The Morgan fingerprint density at radius 2 is 1.76 bits per heavy atom. The number of piperazine rings is 1. The van der Waals surface area contributed by atoms with Crippen LogP contribution in [-0.2, 0) is 4.74 Å². The summed E-state index contributed by atoms with van der Waals surface area (Å²) in [5.74, 6) is 0.853. The number of rotatable bonds is 3. The molecule has 3 rings (SSSR count). The number of hydrogen-bond donors (Lipinski definition) is 0. The molecule has 0 bridgehead atoms. The molecule has 0 spiro atoms. The molecule has 0 aliphatic carbocycles. The van der Waals surface area contributed by atoms with Crippen molar-refractivity contribution in [2.45, 2.75) is 26.7 Å². The molecule has 3 nitrogen and oxygen atoms in total. The number of ether oxygens (including phenoxy) is 1. The van der Waals surface area contributed by atoms with Gasteiger partial charge in [-0.15, -0.1) is 0 Å². The van der Waals surface area contributed by atoms with Crippen LogP contribution in [0.2, 0.25) is 0 Å². The zero-order chi connectivity index (χ0) is 14.7. The van der Waals surface area contributed by atoms with Crippen molar-refractivity contribution in [3.8, 4) is 0 Å². The summed E-state index contributed by atoms with van der Waals surface area (Å²) >= 11 is 0. The summed E-state index contributed by atoms with van der Waals surface area (Å²) in [6.07, 6.45) is 2.49. The van der Waals surface area contributed by atoms with Gasteiger partial charge in [0, 0.05) is 51.6 Å². The van der Waals surface area contributed by atoms with E-state index in [0.29, 0.717) is 0 Å². The molecule has 0 unspecified atom stereocenters. The molecular weight excluding hydrogens is 260 g/mol. The van der Waals surface area contributed by atoms with Crippen LogP contribution in [-0.4, -0.2) is 50.8 Å². The largest absolute Gasteiger partial charge is 0.381 e. The van der Waals surface area contributed by atoms with E-state index in [1.807, 2.05) is 0 Å². The van der Waals surface area contributed by atoms with Crippen LogP contribution in [0.1, 0.15) is 24.0 Å². The fraction of sp³-hybridized carbons (Fsp3) is 0.667. The monoisotopic (exact) mass is 288 g/mol. The summed E-state index contributed by atoms with van der Waals surface area (Å²) in [7, 11) is 0. The summed E-state index contributed by atoms with van der Waals surface area (Å²) in [6.45, 7) is 12.4. The molecule has 1 aromatic carbocycles. The number of nitrogens with zero attached hydrogens (tertiary/aromatic N) is 2. The molecule has 2 heterocycles. The Balaban J connectivity index is 1.53. The van der Waals surface area contributed by atoms with Crippen LogP contribution in [0.3, 0.4) is 0 Å². The van der Waals surface area contributed by atoms with Gasteiger partial charge in [-0.3, -0.25) is 4.90 Å². The van der Waals surface area contributed by atoms with E-state index in [0.717, 1.165) is 32.2 Å². The van der Waals surface area contributed by atoms with Gasteiger partial charge in [0.2, 0.25) is 0 Å². The highest BCUT2D eigenvalue weighted by Crippen LogP contribution is 2.24. The highest BCUT2D eigenvalue weighted by molar-refractivity contribution is 5.56. The lowest BCUT2D eigenvalue weighted by atomic mass is 9.99. The third kappa shape index (κ3) is 3.58. The van der Waals surface area contributed by atoms with E-state index >= 15 is 0 Å². The van der Waals surface area contributed by atoms with E-state index in [4.69, 9.17) is 4.74 Å². The molecule has 0 N–H and O–H groups in total. The minimum Gasteiger partial charge on any atom is -0.381 e. The smallest absolute Gasteiger partial charge is 0.0469 e. The molecular formula is C18H28N2O. The number of hydrogen-bond acceptors (Lipinski definition) is 3. The maximum atomic E-state index is 5.46. The normalized spacial score (nSPS) is 21.7. The third-order valence-corrected chi connectivity index (χ3v) is 5.15. The second kappa shape index (κ2) is 6.80. The maximum absolute atomic E-state index is 5.46. The number of benzene rings is 1. The SMILES string of the molecule is Cc1cccc(N2CCN(CC3CCOCC3)CC2)c1C. The van der Waals surface area contributed by atoms with Crippen LogP contribution in [0.4, 0.5) is 5.69 Å². The molecule has 0 radical (unpaired) electrons. The fourth-order valence-electron chi connectivity index (χ4n) is 3.54. The standard InChI is InChI=1S/C18H28N2O/c1-15-4-3-5-18(16(15)2)20-10-8-19(9-11-20)14-17-6-12-21-13-7-17/h3-5,17H,6-14H2,1-2H3. The Morgan fingerprint density at radius 1 is 1.05 bits per heavy atom. The highest BCUT2D eigenvalue weighted by atomic mass is 16.5. The second-order valence-electron chi connectivity index (χ2n) is 6.56. The second-order valence-corrected chi connectivity index (χ2v) is 6.56. The molecule has 116 valence electrons. The van der Waals surface area contributed by atoms with Crippen LogP contribution in [0.25, 0.3) is 0 Å². The first-order valence-corrected chi connectivity index (χ1v) is 8.35. The minimum atomic E-state index is 0.853. The maximum Gasteiger partial charge on any atom is 0.0469 e. The van der Waals surface area contributed by atoms with E-state index in [9.17, 15) is 0 Å². The van der Waals surface area contributed by atoms with Crippen LogP contribution in [0, 0.1) is 19.8 Å². The molecule has 0 saturated carbocycles. The summed E-state index contributed by atoms with van der Waals surface area (Å²) in [4.78, 5) is 5.21. The van der Waals surface area contributed by atoms with E-state index in [-0.39, 0.29) is 0 Å². The van der Waals surface area contributed by atoms with Crippen molar-refractivity contribution in [1.29, 1.82) is 0 Å². The molecule has 2 fully saturated rings. The minimum absolute atomic E-state index is 0.853. The van der Waals surface area contributed by atoms with Gasteiger partial charge in [-0.1, -0.05) is 12.1 Å². The molecule has 3 heteroatoms. The van der Waals surface area contributed by atoms with Gasteiger partial charge in [0.1, 0.15) is 0 Å². The van der Waals surface area contributed by atoms with Crippen molar-refractivity contribution in [1.82, 2.24) is 4.90 Å². The molecule has 2 saturated heterocycles. The molecule has 0 amide bonds. The molecule has 21 heavy (non-hydrogen) atoms. The van der Waals surface area contributed by atoms with E-state index in [1.165, 1.54) is 49.3 Å². The lowest BCUT2D eigenvalue weighted by Crippen LogP contribution is -2.48. The van der Waals surface area contributed by atoms with Crippen LogP contribution >= 0.6 is 0 Å². The first-order chi connectivity index (χ1) is 10.2. The zero-order valence-electron chi connectivity index (χ0n) is 13.5. The van der Waals surface area contributed by atoms with Gasteiger partial charge in [-0.05, 0) is 49.8 Å². The topological polar surface area (TPSA) is 15.7 Å². The van der Waals surface area contributed by atoms with E-state index < -0.39 is 0 Å². The first kappa shape index (κ1) is 14.9. The summed E-state index contributed by atoms with van der Waals surface area (Å²) in [5, 5.41) is 0. The summed E-state index contributed by atoms with van der Waals surface area (Å²) in [5.41, 5.74) is 4.27. The average molecular weight is 288 g/mol. The van der Waals surface area contributed by atoms with Crippen LogP contribution in [0.5, 0.6) is 0 Å². The summed E-state index contributed by atoms with van der Waals surface area (Å²) in [6, 6.07) is 6.67. The van der Waals surface area contributed by atoms with Crippen molar-refractivity contribution < 1.29 is 4.74 Å². The first-order valence-electron chi connectivity index (χ1n) is 8.35. The predicted octanol–water partition coefficient (Wildman–Crippen LogP) is 2.85. The van der Waals surface area contributed by atoms with Gasteiger partial charge < -0.3 is 9.64 Å². The van der Waals surface area contributed by atoms with Gasteiger partial charge in [0.05, 0.1) is 0 Å². The Bertz CT molecular complexity index is 460. The van der Waals surface area contributed by atoms with Crippen molar-refractivity contribution in [3.63, 3.8) is 0 Å². The lowest BCUT2D eigenvalue weighted by Gasteiger charge is -2.39. The third-order valence-electron chi connectivity index (χ3n) is 5.15. The summed E-state index contributed by atoms with van der Waals surface area (Å²) < 4.78 is 5.46. The van der Waals surface area contributed by atoms with Gasteiger partial charge in [0.25, 0.3) is 0 Å². The van der Waals surface area contributed by atoms with E-state index in [2.05, 4.69) is 41.8 Å². The Kier molecular flexibility index (Phi) is 4.81.